The smallest absolute Gasteiger partial charge is 0.408 e. The van der Waals surface area contributed by atoms with Crippen LogP contribution in [0, 0.1) is 0 Å². The second kappa shape index (κ2) is 5.98. The molecule has 1 atom stereocenters. The number of hydrogen-bond donors (Lipinski definition) is 1. The molecule has 1 unspecified atom stereocenters. The Morgan fingerprint density at radius 1 is 1.07 bits per heavy atom. The van der Waals surface area contributed by atoms with Crippen LogP contribution in [0.4, 0.5) is 5.82 Å². The van der Waals surface area contributed by atoms with Gasteiger partial charge in [0.1, 0.15) is 5.82 Å². The van der Waals surface area contributed by atoms with Crippen molar-refractivity contribution in [2.75, 3.05) is 5.32 Å². The number of rotatable bonds is 3. The molecule has 1 amide bonds. The van der Waals surface area contributed by atoms with E-state index in [0.29, 0.717) is 24.4 Å². The van der Waals surface area contributed by atoms with Crippen LogP contribution in [0.25, 0.3) is 16.8 Å². The van der Waals surface area contributed by atoms with E-state index in [9.17, 15) is 9.59 Å². The van der Waals surface area contributed by atoms with Crippen LogP contribution in [-0.4, -0.2) is 20.3 Å². The quantitative estimate of drug-likeness (QED) is 0.609. The summed E-state index contributed by atoms with van der Waals surface area (Å²) >= 11 is 0. The minimum atomic E-state index is -0.417. The topological polar surface area (TPSA) is 82.1 Å². The Labute approximate surface area is 153 Å². The number of nitrogens with one attached hydrogen (secondary N) is 1. The van der Waals surface area contributed by atoms with Crippen molar-refractivity contribution in [3.63, 3.8) is 0 Å². The largest absolute Gasteiger partial charge is 0.419 e. The van der Waals surface area contributed by atoms with Crippen LogP contribution in [-0.2, 0) is 11.3 Å². The fourth-order valence-electron chi connectivity index (χ4n) is 3.64. The molecule has 3 heterocycles. The van der Waals surface area contributed by atoms with E-state index in [4.69, 9.17) is 4.42 Å². The molecule has 27 heavy (non-hydrogen) atoms. The van der Waals surface area contributed by atoms with E-state index in [2.05, 4.69) is 10.4 Å². The highest BCUT2D eigenvalue weighted by atomic mass is 16.4. The van der Waals surface area contributed by atoms with E-state index in [1.165, 1.54) is 0 Å². The van der Waals surface area contributed by atoms with E-state index >= 15 is 0 Å². The highest BCUT2D eigenvalue weighted by Gasteiger charge is 2.30. The third-order valence-electron chi connectivity index (χ3n) is 4.90. The molecule has 0 bridgehead atoms. The van der Waals surface area contributed by atoms with Gasteiger partial charge in [-0.05, 0) is 24.3 Å². The molecule has 7 heteroatoms. The maximum Gasteiger partial charge on any atom is 0.419 e. The van der Waals surface area contributed by atoms with Crippen LogP contribution >= 0.6 is 0 Å². The van der Waals surface area contributed by atoms with E-state index in [0.717, 1.165) is 16.8 Å². The zero-order valence-electron chi connectivity index (χ0n) is 14.3. The second-order valence-corrected chi connectivity index (χ2v) is 6.59. The molecule has 2 aromatic heterocycles. The van der Waals surface area contributed by atoms with Crippen molar-refractivity contribution >= 4 is 22.8 Å². The van der Waals surface area contributed by atoms with Crippen LogP contribution in [0.3, 0.4) is 0 Å². The van der Waals surface area contributed by atoms with Crippen molar-refractivity contribution in [1.29, 1.82) is 0 Å². The summed E-state index contributed by atoms with van der Waals surface area (Å²) in [6.45, 7) is 0.358. The lowest BCUT2D eigenvalue weighted by molar-refractivity contribution is -0.117. The molecule has 0 saturated heterocycles. The number of benzene rings is 2. The number of oxazole rings is 1. The van der Waals surface area contributed by atoms with Gasteiger partial charge >= 0.3 is 5.76 Å². The van der Waals surface area contributed by atoms with Gasteiger partial charge in [0.05, 0.1) is 17.4 Å². The monoisotopic (exact) mass is 360 g/mol. The Hall–Kier alpha value is -3.61. The lowest BCUT2D eigenvalue weighted by Gasteiger charge is -2.23. The summed E-state index contributed by atoms with van der Waals surface area (Å²) in [7, 11) is 0. The number of carbonyl (C=O) groups is 1. The second-order valence-electron chi connectivity index (χ2n) is 6.59. The van der Waals surface area contributed by atoms with Gasteiger partial charge in [-0.2, -0.15) is 5.10 Å². The normalized spacial score (nSPS) is 16.3. The van der Waals surface area contributed by atoms with E-state index in [1.54, 1.807) is 21.5 Å². The average Bonchev–Trinajstić information content (AvgIpc) is 3.24. The van der Waals surface area contributed by atoms with E-state index in [-0.39, 0.29) is 11.8 Å². The molecule has 2 aromatic carbocycles. The van der Waals surface area contributed by atoms with Gasteiger partial charge in [0.2, 0.25) is 5.91 Å². The molecule has 0 aliphatic carbocycles. The molecule has 1 aliphatic rings. The fraction of sp³-hybridized carbons (Fsp3) is 0.150. The first kappa shape index (κ1) is 15.6. The zero-order chi connectivity index (χ0) is 18.4. The Bertz CT molecular complexity index is 1200. The summed E-state index contributed by atoms with van der Waals surface area (Å²) < 4.78 is 8.62. The average molecular weight is 360 g/mol. The number of amides is 1. The van der Waals surface area contributed by atoms with Crippen LogP contribution < -0.4 is 11.1 Å². The summed E-state index contributed by atoms with van der Waals surface area (Å²) in [4.78, 5) is 24.6. The third kappa shape index (κ3) is 2.55. The highest BCUT2D eigenvalue weighted by molar-refractivity contribution is 5.94. The number of para-hydroxylation sites is 3. The molecule has 4 aromatic rings. The fourth-order valence-corrected chi connectivity index (χ4v) is 3.64. The summed E-state index contributed by atoms with van der Waals surface area (Å²) in [5.41, 5.74) is 3.05. The molecule has 0 fully saturated rings. The molecular formula is C20H16N4O3. The minimum absolute atomic E-state index is 0.0916. The maximum atomic E-state index is 12.3. The molecule has 0 radical (unpaired) electrons. The first-order chi connectivity index (χ1) is 13.2. The highest BCUT2D eigenvalue weighted by Crippen LogP contribution is 2.35. The molecule has 1 N–H and O–H groups in total. The SMILES string of the molecule is O=C1CC(Cn2c(=O)oc3ccccc32)c2cnn(-c3ccccc3)c2N1. The summed E-state index contributed by atoms with van der Waals surface area (Å²) in [5, 5.41) is 7.38. The third-order valence-corrected chi connectivity index (χ3v) is 4.90. The Morgan fingerprint density at radius 3 is 2.70 bits per heavy atom. The van der Waals surface area contributed by atoms with Crippen LogP contribution in [0.15, 0.2) is 70.0 Å². The van der Waals surface area contributed by atoms with Crippen LogP contribution in [0.2, 0.25) is 0 Å². The van der Waals surface area contributed by atoms with Gasteiger partial charge in [-0.3, -0.25) is 9.36 Å². The molecule has 0 spiro atoms. The molecule has 0 saturated carbocycles. The van der Waals surface area contributed by atoms with Gasteiger partial charge in [-0.25, -0.2) is 9.48 Å². The summed E-state index contributed by atoms with van der Waals surface area (Å²) in [6.07, 6.45) is 2.05. The molecular weight excluding hydrogens is 344 g/mol. The van der Waals surface area contributed by atoms with E-state index in [1.807, 2.05) is 48.5 Å². The minimum Gasteiger partial charge on any atom is -0.408 e. The summed E-state index contributed by atoms with van der Waals surface area (Å²) in [6, 6.07) is 16.9. The lowest BCUT2D eigenvalue weighted by atomic mass is 9.94. The predicted molar refractivity (Wildman–Crippen MR) is 100 cm³/mol. The standard InChI is InChI=1S/C20H16N4O3/c25-18-10-13(12-23-16-8-4-5-9-17(16)27-20(23)26)15-11-21-24(19(15)22-18)14-6-2-1-3-7-14/h1-9,11,13H,10,12H2,(H,22,25). The number of nitrogens with zero attached hydrogens (tertiary/aromatic N) is 3. The number of aromatic nitrogens is 3. The first-order valence-corrected chi connectivity index (χ1v) is 8.72. The van der Waals surface area contributed by atoms with Gasteiger partial charge in [0.25, 0.3) is 0 Å². The molecule has 5 rings (SSSR count). The van der Waals surface area contributed by atoms with Gasteiger partial charge in [-0.15, -0.1) is 0 Å². The lowest BCUT2D eigenvalue weighted by Crippen LogP contribution is -2.28. The van der Waals surface area contributed by atoms with Gasteiger partial charge in [0.15, 0.2) is 5.58 Å². The maximum absolute atomic E-state index is 12.3. The predicted octanol–water partition coefficient (Wildman–Crippen LogP) is 2.91. The van der Waals surface area contributed by atoms with Crippen molar-refractivity contribution in [3.05, 3.63) is 76.9 Å². The van der Waals surface area contributed by atoms with Crippen molar-refractivity contribution in [2.24, 2.45) is 0 Å². The van der Waals surface area contributed by atoms with Crippen LogP contribution in [0.1, 0.15) is 17.9 Å². The Kier molecular flexibility index (Phi) is 3.46. The first-order valence-electron chi connectivity index (χ1n) is 8.72. The van der Waals surface area contributed by atoms with Gasteiger partial charge in [0, 0.05) is 24.4 Å². The van der Waals surface area contributed by atoms with Crippen molar-refractivity contribution in [2.45, 2.75) is 18.9 Å². The van der Waals surface area contributed by atoms with Crippen molar-refractivity contribution in [3.8, 4) is 5.69 Å². The summed E-state index contributed by atoms with van der Waals surface area (Å²) in [5.74, 6) is -0.0153. The number of anilines is 1. The zero-order valence-corrected chi connectivity index (χ0v) is 14.3. The number of carbonyl (C=O) groups excluding carboxylic acids is 1. The number of hydrogen-bond acceptors (Lipinski definition) is 4. The Morgan fingerprint density at radius 2 is 1.85 bits per heavy atom. The Balaban J connectivity index is 1.58. The molecule has 1 aliphatic heterocycles. The van der Waals surface area contributed by atoms with Gasteiger partial charge < -0.3 is 9.73 Å². The van der Waals surface area contributed by atoms with E-state index < -0.39 is 5.76 Å². The number of fused-ring (bicyclic) bond motifs is 2. The van der Waals surface area contributed by atoms with Crippen LogP contribution in [0.5, 0.6) is 0 Å². The molecule has 7 nitrogen and oxygen atoms in total. The van der Waals surface area contributed by atoms with Crippen molar-refractivity contribution in [1.82, 2.24) is 14.3 Å². The molecule has 134 valence electrons. The van der Waals surface area contributed by atoms with Crippen molar-refractivity contribution < 1.29 is 9.21 Å². The van der Waals surface area contributed by atoms with Gasteiger partial charge in [-0.1, -0.05) is 30.3 Å².